The molecule has 2 rings (SSSR count). The van der Waals surface area contributed by atoms with Gasteiger partial charge >= 0.3 is 0 Å². The van der Waals surface area contributed by atoms with Gasteiger partial charge in [0.1, 0.15) is 11.8 Å². The quantitative estimate of drug-likeness (QED) is 0.445. The van der Waals surface area contributed by atoms with E-state index >= 15 is 0 Å². The van der Waals surface area contributed by atoms with Crippen LogP contribution in [0.2, 0.25) is 10.0 Å². The van der Waals surface area contributed by atoms with Crippen LogP contribution in [0.15, 0.2) is 40.9 Å². The fourth-order valence-electron chi connectivity index (χ4n) is 3.04. The molecule has 8 heteroatoms. The number of nitrogens with one attached hydrogen (secondary N) is 1. The van der Waals surface area contributed by atoms with Gasteiger partial charge in [0, 0.05) is 23.1 Å². The SMILES string of the molecule is CCNC(=O)[C@H](C)N(Cc1ccc(Cl)cc1Cl)C(=O)COc1ccc(C(C)(C)C)cc1Br. The molecule has 0 saturated heterocycles. The molecule has 32 heavy (non-hydrogen) atoms. The summed E-state index contributed by atoms with van der Waals surface area (Å²) in [5, 5.41) is 3.69. The number of halogens is 3. The Labute approximate surface area is 208 Å². The standard InChI is InChI=1S/C24H29BrCl2N2O3/c1-6-28-23(31)15(2)29(13-16-7-9-18(26)12-20(16)27)22(30)14-32-21-10-8-17(11-19(21)25)24(3,4)5/h7-12,15H,6,13-14H2,1-5H3,(H,28,31)/t15-/m0/s1. The van der Waals surface area contributed by atoms with Crippen molar-refractivity contribution in [2.24, 2.45) is 0 Å². The Kier molecular flexibility index (Phi) is 9.43. The fraction of sp³-hybridized carbons (Fsp3) is 0.417. The van der Waals surface area contributed by atoms with E-state index in [2.05, 4.69) is 42.0 Å². The zero-order chi connectivity index (χ0) is 24.1. The van der Waals surface area contributed by atoms with Crippen molar-refractivity contribution in [1.29, 1.82) is 0 Å². The molecule has 0 fully saturated rings. The maximum Gasteiger partial charge on any atom is 0.261 e. The van der Waals surface area contributed by atoms with Gasteiger partial charge < -0.3 is 15.0 Å². The highest BCUT2D eigenvalue weighted by Crippen LogP contribution is 2.31. The largest absolute Gasteiger partial charge is 0.483 e. The molecule has 0 aliphatic heterocycles. The van der Waals surface area contributed by atoms with Crippen LogP contribution in [0.5, 0.6) is 5.75 Å². The molecule has 174 valence electrons. The minimum atomic E-state index is -0.704. The molecule has 0 saturated carbocycles. The third-order valence-electron chi connectivity index (χ3n) is 5.02. The minimum Gasteiger partial charge on any atom is -0.483 e. The van der Waals surface area contributed by atoms with Crippen molar-refractivity contribution >= 4 is 50.9 Å². The van der Waals surface area contributed by atoms with Crippen LogP contribution in [0.3, 0.4) is 0 Å². The van der Waals surface area contributed by atoms with Gasteiger partial charge in [-0.3, -0.25) is 9.59 Å². The van der Waals surface area contributed by atoms with Crippen LogP contribution in [0, 0.1) is 0 Å². The van der Waals surface area contributed by atoms with E-state index in [1.165, 1.54) is 4.90 Å². The number of likely N-dealkylation sites (N-methyl/N-ethyl adjacent to an activating group) is 1. The van der Waals surface area contributed by atoms with Crippen LogP contribution in [0.4, 0.5) is 0 Å². The van der Waals surface area contributed by atoms with Gasteiger partial charge in [0.2, 0.25) is 5.91 Å². The number of nitrogens with zero attached hydrogens (tertiary/aromatic N) is 1. The Morgan fingerprint density at radius 3 is 2.41 bits per heavy atom. The van der Waals surface area contributed by atoms with Crippen molar-refractivity contribution in [2.45, 2.75) is 52.6 Å². The third-order valence-corrected chi connectivity index (χ3v) is 6.23. The topological polar surface area (TPSA) is 58.6 Å². The summed E-state index contributed by atoms with van der Waals surface area (Å²) >= 11 is 15.8. The molecule has 0 heterocycles. The average Bonchev–Trinajstić information content (AvgIpc) is 2.71. The lowest BCUT2D eigenvalue weighted by Gasteiger charge is -2.29. The number of benzene rings is 2. The van der Waals surface area contributed by atoms with E-state index in [1.54, 1.807) is 25.1 Å². The first-order valence-corrected chi connectivity index (χ1v) is 11.9. The fourth-order valence-corrected chi connectivity index (χ4v) is 4.01. The molecule has 0 unspecified atom stereocenters. The summed E-state index contributed by atoms with van der Waals surface area (Å²) in [6.45, 7) is 10.3. The zero-order valence-electron chi connectivity index (χ0n) is 19.0. The number of rotatable bonds is 8. The molecular formula is C24H29BrCl2N2O3. The maximum atomic E-state index is 13.1. The number of carbonyl (C=O) groups is 2. The Morgan fingerprint density at radius 1 is 1.16 bits per heavy atom. The van der Waals surface area contributed by atoms with E-state index in [9.17, 15) is 9.59 Å². The molecule has 0 aromatic heterocycles. The first kappa shape index (κ1) is 26.5. The second-order valence-electron chi connectivity index (χ2n) is 8.51. The van der Waals surface area contributed by atoms with E-state index in [0.717, 1.165) is 10.0 Å². The van der Waals surface area contributed by atoms with E-state index in [0.29, 0.717) is 27.9 Å². The number of ether oxygens (including phenoxy) is 1. The summed E-state index contributed by atoms with van der Waals surface area (Å²) in [5.41, 5.74) is 1.83. The van der Waals surface area contributed by atoms with Crippen molar-refractivity contribution in [3.63, 3.8) is 0 Å². The van der Waals surface area contributed by atoms with Crippen LogP contribution in [-0.2, 0) is 21.5 Å². The van der Waals surface area contributed by atoms with Crippen molar-refractivity contribution in [2.75, 3.05) is 13.2 Å². The van der Waals surface area contributed by atoms with E-state index in [1.807, 2.05) is 25.1 Å². The van der Waals surface area contributed by atoms with Gasteiger partial charge in [-0.05, 0) is 70.6 Å². The van der Waals surface area contributed by atoms with Gasteiger partial charge in [-0.15, -0.1) is 0 Å². The van der Waals surface area contributed by atoms with Gasteiger partial charge in [0.15, 0.2) is 6.61 Å². The Hall–Kier alpha value is -1.76. The summed E-state index contributed by atoms with van der Waals surface area (Å²) in [4.78, 5) is 27.0. The molecule has 0 aliphatic rings. The van der Waals surface area contributed by atoms with Crippen LogP contribution in [-0.4, -0.2) is 35.9 Å². The second kappa shape index (κ2) is 11.4. The number of hydrogen-bond donors (Lipinski definition) is 1. The summed E-state index contributed by atoms with van der Waals surface area (Å²) in [6.07, 6.45) is 0. The highest BCUT2D eigenvalue weighted by molar-refractivity contribution is 9.10. The van der Waals surface area contributed by atoms with Gasteiger partial charge in [-0.1, -0.05) is 56.1 Å². The van der Waals surface area contributed by atoms with Gasteiger partial charge in [0.25, 0.3) is 5.91 Å². The first-order valence-electron chi connectivity index (χ1n) is 10.4. The molecule has 0 aliphatic carbocycles. The summed E-state index contributed by atoms with van der Waals surface area (Å²) in [6, 6.07) is 10.2. The van der Waals surface area contributed by atoms with Gasteiger partial charge in [-0.2, -0.15) is 0 Å². The second-order valence-corrected chi connectivity index (χ2v) is 10.2. The van der Waals surface area contributed by atoms with Crippen molar-refractivity contribution in [3.05, 3.63) is 62.0 Å². The van der Waals surface area contributed by atoms with Gasteiger partial charge in [0.05, 0.1) is 4.47 Å². The van der Waals surface area contributed by atoms with Crippen molar-refractivity contribution in [1.82, 2.24) is 10.2 Å². The summed E-state index contributed by atoms with van der Waals surface area (Å²) < 4.78 is 6.57. The lowest BCUT2D eigenvalue weighted by Crippen LogP contribution is -2.49. The predicted molar refractivity (Wildman–Crippen MR) is 133 cm³/mol. The van der Waals surface area contributed by atoms with Crippen molar-refractivity contribution < 1.29 is 14.3 Å². The Morgan fingerprint density at radius 2 is 1.84 bits per heavy atom. The monoisotopic (exact) mass is 542 g/mol. The number of amides is 2. The van der Waals surface area contributed by atoms with Crippen LogP contribution >= 0.6 is 39.1 Å². The summed E-state index contributed by atoms with van der Waals surface area (Å²) in [5.74, 6) is -0.0234. The minimum absolute atomic E-state index is 0.00636. The highest BCUT2D eigenvalue weighted by Gasteiger charge is 2.27. The van der Waals surface area contributed by atoms with E-state index < -0.39 is 6.04 Å². The molecule has 0 radical (unpaired) electrons. The molecule has 2 aromatic carbocycles. The summed E-state index contributed by atoms with van der Waals surface area (Å²) in [7, 11) is 0. The maximum absolute atomic E-state index is 13.1. The van der Waals surface area contributed by atoms with Crippen molar-refractivity contribution in [3.8, 4) is 5.75 Å². The predicted octanol–water partition coefficient (Wildman–Crippen LogP) is 5.99. The molecule has 2 aromatic rings. The molecule has 0 spiro atoms. The van der Waals surface area contributed by atoms with E-state index in [-0.39, 0.29) is 30.4 Å². The lowest BCUT2D eigenvalue weighted by molar-refractivity contribution is -0.142. The van der Waals surface area contributed by atoms with Gasteiger partial charge in [-0.25, -0.2) is 0 Å². The highest BCUT2D eigenvalue weighted by atomic mass is 79.9. The van der Waals surface area contributed by atoms with Crippen LogP contribution in [0.25, 0.3) is 0 Å². The number of hydrogen-bond acceptors (Lipinski definition) is 3. The van der Waals surface area contributed by atoms with Crippen LogP contribution in [0.1, 0.15) is 45.7 Å². The molecule has 1 atom stereocenters. The Balaban J connectivity index is 2.21. The number of carbonyl (C=O) groups excluding carboxylic acids is 2. The molecule has 2 amide bonds. The molecular weight excluding hydrogens is 515 g/mol. The smallest absolute Gasteiger partial charge is 0.261 e. The zero-order valence-corrected chi connectivity index (χ0v) is 22.1. The Bertz CT molecular complexity index is 976. The molecule has 1 N–H and O–H groups in total. The van der Waals surface area contributed by atoms with Crippen LogP contribution < -0.4 is 10.1 Å². The van der Waals surface area contributed by atoms with E-state index in [4.69, 9.17) is 27.9 Å². The first-order chi connectivity index (χ1) is 14.9. The third kappa shape index (κ3) is 7.12. The lowest BCUT2D eigenvalue weighted by atomic mass is 9.87. The molecule has 5 nitrogen and oxygen atoms in total. The molecule has 0 bridgehead atoms. The average molecular weight is 544 g/mol. The normalized spacial score (nSPS) is 12.2.